The molecule has 0 radical (unpaired) electrons. The van der Waals surface area contributed by atoms with Gasteiger partial charge in [-0.15, -0.1) is 0 Å². The Bertz CT molecular complexity index is 443. The van der Waals surface area contributed by atoms with Gasteiger partial charge in [0, 0.05) is 19.2 Å². The lowest BCUT2D eigenvalue weighted by Gasteiger charge is -2.26. The number of alkyl halides is 3. The molecule has 1 aliphatic heterocycles. The highest BCUT2D eigenvalue weighted by atomic mass is 19.4. The van der Waals surface area contributed by atoms with E-state index in [1.165, 1.54) is 25.3 Å². The van der Waals surface area contributed by atoms with Crippen molar-refractivity contribution < 1.29 is 13.2 Å². The van der Waals surface area contributed by atoms with Crippen molar-refractivity contribution in [3.8, 4) is 0 Å². The number of anilines is 2. The fourth-order valence-electron chi connectivity index (χ4n) is 2.21. The van der Waals surface area contributed by atoms with Crippen LogP contribution in [0.25, 0.3) is 0 Å². The predicted molar refractivity (Wildman–Crippen MR) is 70.2 cm³/mol. The van der Waals surface area contributed by atoms with Gasteiger partial charge in [-0.1, -0.05) is 6.42 Å². The van der Waals surface area contributed by atoms with Gasteiger partial charge in [0.25, 0.3) is 0 Å². The summed E-state index contributed by atoms with van der Waals surface area (Å²) in [5, 5.41) is 2.87. The summed E-state index contributed by atoms with van der Waals surface area (Å²) < 4.78 is 37.6. The van der Waals surface area contributed by atoms with Crippen LogP contribution < -0.4 is 11.1 Å². The van der Waals surface area contributed by atoms with Crippen molar-refractivity contribution in [3.63, 3.8) is 0 Å². The van der Waals surface area contributed by atoms with Gasteiger partial charge in [0.05, 0.1) is 0 Å². The monoisotopic (exact) mass is 289 g/mol. The van der Waals surface area contributed by atoms with Crippen LogP contribution in [-0.2, 0) is 6.18 Å². The van der Waals surface area contributed by atoms with Crippen molar-refractivity contribution in [1.82, 2.24) is 14.9 Å². The van der Waals surface area contributed by atoms with Crippen LogP contribution in [0.15, 0.2) is 6.07 Å². The molecule has 8 heteroatoms. The van der Waals surface area contributed by atoms with Gasteiger partial charge >= 0.3 is 6.18 Å². The van der Waals surface area contributed by atoms with Crippen LogP contribution >= 0.6 is 0 Å². The maximum Gasteiger partial charge on any atom is 0.451 e. The molecule has 1 aromatic heterocycles. The second kappa shape index (κ2) is 6.25. The maximum absolute atomic E-state index is 12.5. The van der Waals surface area contributed by atoms with E-state index >= 15 is 0 Å². The standard InChI is InChI=1S/C12H18F3N5/c13-12(14,15)11-18-9(16)8-10(19-11)17-4-7-20-5-2-1-3-6-20/h8H,1-7H2,(H3,16,17,18,19). The summed E-state index contributed by atoms with van der Waals surface area (Å²) in [7, 11) is 0. The molecule has 0 saturated carbocycles. The minimum Gasteiger partial charge on any atom is -0.384 e. The lowest BCUT2D eigenvalue weighted by atomic mass is 10.1. The van der Waals surface area contributed by atoms with E-state index in [0.29, 0.717) is 6.54 Å². The van der Waals surface area contributed by atoms with Crippen LogP contribution in [-0.4, -0.2) is 41.0 Å². The summed E-state index contributed by atoms with van der Waals surface area (Å²) >= 11 is 0. The number of nitrogens with zero attached hydrogens (tertiary/aromatic N) is 3. The van der Waals surface area contributed by atoms with Gasteiger partial charge in [-0.2, -0.15) is 13.2 Å². The fourth-order valence-corrected chi connectivity index (χ4v) is 2.21. The molecule has 5 nitrogen and oxygen atoms in total. The Balaban J connectivity index is 1.90. The Morgan fingerprint density at radius 3 is 2.55 bits per heavy atom. The summed E-state index contributed by atoms with van der Waals surface area (Å²) in [6.07, 6.45) is -0.975. The maximum atomic E-state index is 12.5. The minimum atomic E-state index is -4.58. The van der Waals surface area contributed by atoms with E-state index in [1.54, 1.807) is 0 Å². The third-order valence-corrected chi connectivity index (χ3v) is 3.18. The molecule has 0 spiro atoms. The molecule has 1 saturated heterocycles. The molecule has 112 valence electrons. The molecule has 0 atom stereocenters. The quantitative estimate of drug-likeness (QED) is 0.887. The van der Waals surface area contributed by atoms with Gasteiger partial charge in [0.2, 0.25) is 5.82 Å². The summed E-state index contributed by atoms with van der Waals surface area (Å²) in [6.45, 7) is 3.40. The van der Waals surface area contributed by atoms with Gasteiger partial charge < -0.3 is 16.0 Å². The molecule has 0 unspecified atom stereocenters. The second-order valence-corrected chi connectivity index (χ2v) is 4.83. The van der Waals surface area contributed by atoms with Crippen LogP contribution in [0.2, 0.25) is 0 Å². The number of likely N-dealkylation sites (tertiary alicyclic amines) is 1. The molecule has 1 aromatic rings. The average molecular weight is 289 g/mol. The first-order valence-corrected chi connectivity index (χ1v) is 6.63. The van der Waals surface area contributed by atoms with E-state index in [0.717, 1.165) is 19.6 Å². The van der Waals surface area contributed by atoms with Gasteiger partial charge in [0.15, 0.2) is 0 Å². The number of rotatable bonds is 4. The van der Waals surface area contributed by atoms with E-state index in [1.807, 2.05) is 0 Å². The summed E-state index contributed by atoms with van der Waals surface area (Å²) in [5.41, 5.74) is 5.37. The molecule has 1 fully saturated rings. The third-order valence-electron chi connectivity index (χ3n) is 3.18. The van der Waals surface area contributed by atoms with Crippen LogP contribution in [0, 0.1) is 0 Å². The molecular formula is C12H18F3N5. The Morgan fingerprint density at radius 2 is 1.90 bits per heavy atom. The van der Waals surface area contributed by atoms with Crippen molar-refractivity contribution in [2.75, 3.05) is 37.2 Å². The molecule has 0 aliphatic carbocycles. The number of hydrogen-bond acceptors (Lipinski definition) is 5. The number of nitrogens with two attached hydrogens (primary N) is 1. The highest BCUT2D eigenvalue weighted by molar-refractivity contribution is 5.44. The van der Waals surface area contributed by atoms with Crippen LogP contribution in [0.3, 0.4) is 0 Å². The van der Waals surface area contributed by atoms with Crippen LogP contribution in [0.1, 0.15) is 25.1 Å². The third kappa shape index (κ3) is 4.22. The number of nitrogens with one attached hydrogen (secondary N) is 1. The first kappa shape index (κ1) is 14.8. The normalized spacial score (nSPS) is 17.1. The lowest BCUT2D eigenvalue weighted by Crippen LogP contribution is -2.33. The summed E-state index contributed by atoms with van der Waals surface area (Å²) in [4.78, 5) is 8.92. The number of hydrogen-bond donors (Lipinski definition) is 2. The van der Waals surface area contributed by atoms with E-state index in [2.05, 4.69) is 20.2 Å². The minimum absolute atomic E-state index is 0.113. The molecule has 2 heterocycles. The highest BCUT2D eigenvalue weighted by Gasteiger charge is 2.35. The topological polar surface area (TPSA) is 67.1 Å². The molecule has 20 heavy (non-hydrogen) atoms. The van der Waals surface area contributed by atoms with E-state index in [-0.39, 0.29) is 11.6 Å². The summed E-state index contributed by atoms with van der Waals surface area (Å²) in [5.74, 6) is -1.28. The smallest absolute Gasteiger partial charge is 0.384 e. The Morgan fingerprint density at radius 1 is 1.20 bits per heavy atom. The van der Waals surface area contributed by atoms with Gasteiger partial charge in [-0.05, 0) is 25.9 Å². The predicted octanol–water partition coefficient (Wildman–Crippen LogP) is 1.98. The first-order chi connectivity index (χ1) is 9.45. The zero-order chi connectivity index (χ0) is 14.6. The molecule has 0 bridgehead atoms. The first-order valence-electron chi connectivity index (χ1n) is 6.63. The van der Waals surface area contributed by atoms with Crippen molar-refractivity contribution in [3.05, 3.63) is 11.9 Å². The fraction of sp³-hybridized carbons (Fsp3) is 0.667. The van der Waals surface area contributed by atoms with Gasteiger partial charge in [0.1, 0.15) is 11.6 Å². The molecule has 0 aromatic carbocycles. The zero-order valence-electron chi connectivity index (χ0n) is 11.1. The van der Waals surface area contributed by atoms with E-state index in [9.17, 15) is 13.2 Å². The number of nitrogen functional groups attached to an aromatic ring is 1. The molecule has 0 amide bonds. The van der Waals surface area contributed by atoms with Crippen molar-refractivity contribution >= 4 is 11.6 Å². The highest BCUT2D eigenvalue weighted by Crippen LogP contribution is 2.27. The average Bonchev–Trinajstić information content (AvgIpc) is 2.38. The van der Waals surface area contributed by atoms with Crippen molar-refractivity contribution in [1.29, 1.82) is 0 Å². The number of piperidine rings is 1. The molecule has 1 aliphatic rings. The van der Waals surface area contributed by atoms with Crippen molar-refractivity contribution in [2.24, 2.45) is 0 Å². The molecular weight excluding hydrogens is 271 g/mol. The van der Waals surface area contributed by atoms with Gasteiger partial charge in [-0.25, -0.2) is 9.97 Å². The van der Waals surface area contributed by atoms with Crippen LogP contribution in [0.4, 0.5) is 24.8 Å². The second-order valence-electron chi connectivity index (χ2n) is 4.83. The number of halogens is 3. The summed E-state index contributed by atoms with van der Waals surface area (Å²) in [6, 6.07) is 1.31. The number of aromatic nitrogens is 2. The van der Waals surface area contributed by atoms with Crippen LogP contribution in [0.5, 0.6) is 0 Å². The van der Waals surface area contributed by atoms with E-state index < -0.39 is 12.0 Å². The molecule has 3 N–H and O–H groups in total. The largest absolute Gasteiger partial charge is 0.451 e. The van der Waals surface area contributed by atoms with Crippen molar-refractivity contribution in [2.45, 2.75) is 25.4 Å². The molecule has 2 rings (SSSR count). The van der Waals surface area contributed by atoms with Gasteiger partial charge in [-0.3, -0.25) is 0 Å². The Kier molecular flexibility index (Phi) is 4.64. The Hall–Kier alpha value is -1.57. The van der Waals surface area contributed by atoms with E-state index in [4.69, 9.17) is 5.73 Å². The zero-order valence-corrected chi connectivity index (χ0v) is 11.1. The lowest BCUT2D eigenvalue weighted by molar-refractivity contribution is -0.144. The Labute approximate surface area is 115 Å². The SMILES string of the molecule is Nc1cc(NCCN2CCCCC2)nc(C(F)(F)F)n1.